The third kappa shape index (κ3) is 2.84. The first kappa shape index (κ1) is 15.3. The predicted molar refractivity (Wildman–Crippen MR) is 89.0 cm³/mol. The molecule has 0 bridgehead atoms. The van der Waals surface area contributed by atoms with E-state index in [2.05, 4.69) is 59.8 Å². The van der Waals surface area contributed by atoms with Crippen molar-refractivity contribution < 1.29 is 4.79 Å². The maximum atomic E-state index is 11.5. The van der Waals surface area contributed by atoms with E-state index >= 15 is 0 Å². The number of carbonyl (C=O) groups is 1. The van der Waals surface area contributed by atoms with Gasteiger partial charge in [0.1, 0.15) is 0 Å². The zero-order valence-electron chi connectivity index (χ0n) is 13.7. The van der Waals surface area contributed by atoms with Gasteiger partial charge >= 0.3 is 6.03 Å². The van der Waals surface area contributed by atoms with Gasteiger partial charge in [0.2, 0.25) is 0 Å². The SMILES string of the molecule is CCN(C)C[C@]1(c2ccccc2)CC[C@]2(CC1)CNC(=O)N2. The molecule has 4 nitrogen and oxygen atoms in total. The van der Waals surface area contributed by atoms with Gasteiger partial charge in [0.25, 0.3) is 0 Å². The number of nitrogens with zero attached hydrogens (tertiary/aromatic N) is 1. The molecule has 2 N–H and O–H groups in total. The molecule has 2 aliphatic rings. The zero-order valence-corrected chi connectivity index (χ0v) is 13.7. The Morgan fingerprint density at radius 2 is 1.82 bits per heavy atom. The molecule has 1 aliphatic heterocycles. The van der Waals surface area contributed by atoms with Crippen molar-refractivity contribution in [3.63, 3.8) is 0 Å². The summed E-state index contributed by atoms with van der Waals surface area (Å²) in [6.45, 7) is 5.15. The molecule has 120 valence electrons. The van der Waals surface area contributed by atoms with E-state index in [-0.39, 0.29) is 17.0 Å². The van der Waals surface area contributed by atoms with Gasteiger partial charge in [-0.25, -0.2) is 4.79 Å². The largest absolute Gasteiger partial charge is 0.336 e. The smallest absolute Gasteiger partial charge is 0.315 e. The number of nitrogens with one attached hydrogen (secondary N) is 2. The van der Waals surface area contributed by atoms with E-state index in [1.165, 1.54) is 5.56 Å². The van der Waals surface area contributed by atoms with Gasteiger partial charge in [-0.3, -0.25) is 0 Å². The lowest BCUT2D eigenvalue weighted by Crippen LogP contribution is -2.52. The van der Waals surface area contributed by atoms with Crippen LogP contribution >= 0.6 is 0 Å². The molecule has 1 heterocycles. The zero-order chi connectivity index (χ0) is 15.6. The number of hydrogen-bond acceptors (Lipinski definition) is 2. The second-order valence-corrected chi connectivity index (χ2v) is 7.06. The molecule has 1 saturated heterocycles. The molecule has 0 radical (unpaired) electrons. The Labute approximate surface area is 133 Å². The molecule has 1 aliphatic carbocycles. The third-order valence-corrected chi connectivity index (χ3v) is 5.63. The van der Waals surface area contributed by atoms with E-state index in [9.17, 15) is 4.79 Å². The number of hydrogen-bond donors (Lipinski definition) is 2. The molecule has 2 amide bonds. The van der Waals surface area contributed by atoms with Gasteiger partial charge in [-0.2, -0.15) is 0 Å². The molecule has 1 aromatic rings. The molecule has 0 atom stereocenters. The van der Waals surface area contributed by atoms with Gasteiger partial charge in [-0.05, 0) is 44.8 Å². The topological polar surface area (TPSA) is 44.4 Å². The number of urea groups is 1. The van der Waals surface area contributed by atoms with Crippen LogP contribution in [-0.4, -0.2) is 43.2 Å². The van der Waals surface area contributed by atoms with Gasteiger partial charge in [0, 0.05) is 18.5 Å². The van der Waals surface area contributed by atoms with Crippen LogP contribution in [0, 0.1) is 0 Å². The van der Waals surface area contributed by atoms with Gasteiger partial charge in [0.15, 0.2) is 0 Å². The second-order valence-electron chi connectivity index (χ2n) is 7.06. The van der Waals surface area contributed by atoms with Crippen LogP contribution in [0.3, 0.4) is 0 Å². The van der Waals surface area contributed by atoms with Gasteiger partial charge < -0.3 is 15.5 Å². The highest BCUT2D eigenvalue weighted by molar-refractivity contribution is 5.77. The van der Waals surface area contributed by atoms with Crippen molar-refractivity contribution in [2.45, 2.75) is 43.6 Å². The van der Waals surface area contributed by atoms with Crippen molar-refractivity contribution in [2.24, 2.45) is 0 Å². The number of benzene rings is 1. The molecular weight excluding hydrogens is 274 g/mol. The summed E-state index contributed by atoms with van der Waals surface area (Å²) >= 11 is 0. The van der Waals surface area contributed by atoms with Crippen LogP contribution in [0.15, 0.2) is 30.3 Å². The Hall–Kier alpha value is -1.55. The molecule has 2 fully saturated rings. The summed E-state index contributed by atoms with van der Waals surface area (Å²) < 4.78 is 0. The van der Waals surface area contributed by atoms with Crippen molar-refractivity contribution in [3.8, 4) is 0 Å². The van der Waals surface area contributed by atoms with Crippen LogP contribution in [0.4, 0.5) is 4.79 Å². The highest BCUT2D eigenvalue weighted by Gasteiger charge is 2.46. The van der Waals surface area contributed by atoms with Gasteiger partial charge in [-0.1, -0.05) is 37.3 Å². The van der Waals surface area contributed by atoms with Crippen molar-refractivity contribution in [1.29, 1.82) is 0 Å². The average molecular weight is 301 g/mol. The van der Waals surface area contributed by atoms with Crippen molar-refractivity contribution in [3.05, 3.63) is 35.9 Å². The number of carbonyl (C=O) groups excluding carboxylic acids is 1. The summed E-state index contributed by atoms with van der Waals surface area (Å²) in [5, 5.41) is 6.10. The van der Waals surface area contributed by atoms with Crippen molar-refractivity contribution in [1.82, 2.24) is 15.5 Å². The van der Waals surface area contributed by atoms with Gasteiger partial charge in [0.05, 0.1) is 5.54 Å². The minimum Gasteiger partial charge on any atom is -0.336 e. The maximum absolute atomic E-state index is 11.5. The molecule has 1 spiro atoms. The monoisotopic (exact) mass is 301 g/mol. The third-order valence-electron chi connectivity index (χ3n) is 5.63. The molecule has 1 saturated carbocycles. The molecule has 3 rings (SSSR count). The van der Waals surface area contributed by atoms with Crippen molar-refractivity contribution >= 4 is 6.03 Å². The molecule has 4 heteroatoms. The van der Waals surface area contributed by atoms with Crippen LogP contribution in [-0.2, 0) is 5.41 Å². The highest BCUT2D eigenvalue weighted by Crippen LogP contribution is 2.44. The number of likely N-dealkylation sites (N-methyl/N-ethyl adjacent to an activating group) is 1. The van der Waals surface area contributed by atoms with Crippen molar-refractivity contribution in [2.75, 3.05) is 26.7 Å². The first-order valence-electron chi connectivity index (χ1n) is 8.38. The lowest BCUT2D eigenvalue weighted by molar-refractivity contribution is 0.147. The first-order valence-corrected chi connectivity index (χ1v) is 8.38. The van der Waals surface area contributed by atoms with E-state index in [0.717, 1.165) is 45.3 Å². The standard InChI is InChI=1S/C18H27N3O/c1-3-21(2)14-17(15-7-5-4-6-8-15)9-11-18(12-10-17)13-19-16(22)20-18/h4-8H,3,9-14H2,1-2H3,(H2,19,20,22)/t17-,18-. The lowest BCUT2D eigenvalue weighted by Gasteiger charge is -2.46. The Bertz CT molecular complexity index is 520. The number of rotatable bonds is 4. The second kappa shape index (κ2) is 5.92. The summed E-state index contributed by atoms with van der Waals surface area (Å²) in [6.07, 6.45) is 4.36. The lowest BCUT2D eigenvalue weighted by atomic mass is 9.64. The fourth-order valence-corrected chi connectivity index (χ4v) is 4.05. The Kier molecular flexibility index (Phi) is 4.13. The quantitative estimate of drug-likeness (QED) is 0.897. The summed E-state index contributed by atoms with van der Waals surface area (Å²) in [5.41, 5.74) is 1.65. The number of amides is 2. The van der Waals surface area contributed by atoms with Crippen LogP contribution in [0.5, 0.6) is 0 Å². The van der Waals surface area contributed by atoms with E-state index in [4.69, 9.17) is 0 Å². The summed E-state index contributed by atoms with van der Waals surface area (Å²) in [7, 11) is 2.20. The van der Waals surface area contributed by atoms with E-state index < -0.39 is 0 Å². The highest BCUT2D eigenvalue weighted by atomic mass is 16.2. The fourth-order valence-electron chi connectivity index (χ4n) is 4.05. The molecular formula is C18H27N3O. The van der Waals surface area contributed by atoms with E-state index in [1.807, 2.05) is 0 Å². The first-order chi connectivity index (χ1) is 10.6. The fraction of sp³-hybridized carbons (Fsp3) is 0.611. The maximum Gasteiger partial charge on any atom is 0.315 e. The molecule has 1 aromatic carbocycles. The average Bonchev–Trinajstić information content (AvgIpc) is 2.92. The summed E-state index contributed by atoms with van der Waals surface area (Å²) in [6, 6.07) is 10.9. The Morgan fingerprint density at radius 3 is 2.36 bits per heavy atom. The molecule has 22 heavy (non-hydrogen) atoms. The van der Waals surface area contributed by atoms with Crippen LogP contribution < -0.4 is 10.6 Å². The van der Waals surface area contributed by atoms with E-state index in [1.54, 1.807) is 0 Å². The summed E-state index contributed by atoms with van der Waals surface area (Å²) in [5.74, 6) is 0. The van der Waals surface area contributed by atoms with Crippen LogP contribution in [0.2, 0.25) is 0 Å². The summed E-state index contributed by atoms with van der Waals surface area (Å²) in [4.78, 5) is 14.0. The molecule has 0 unspecified atom stereocenters. The Balaban J connectivity index is 1.81. The minimum absolute atomic E-state index is 0.00196. The van der Waals surface area contributed by atoms with Crippen LogP contribution in [0.1, 0.15) is 38.2 Å². The predicted octanol–water partition coefficient (Wildman–Crippen LogP) is 2.50. The molecule has 0 aromatic heterocycles. The van der Waals surface area contributed by atoms with Gasteiger partial charge in [-0.15, -0.1) is 0 Å². The minimum atomic E-state index is -0.0137. The normalized spacial score (nSPS) is 31.3. The van der Waals surface area contributed by atoms with Crippen LogP contribution in [0.25, 0.3) is 0 Å². The Morgan fingerprint density at radius 1 is 1.14 bits per heavy atom. The van der Waals surface area contributed by atoms with E-state index in [0.29, 0.717) is 0 Å².